The second kappa shape index (κ2) is 68.7. The van der Waals surface area contributed by atoms with Crippen LogP contribution in [0.25, 0.3) is 0 Å². The second-order valence-electron chi connectivity index (χ2n) is 23.8. The molecule has 17 nitrogen and oxygen atoms in total. The average molecular weight is 1390 g/mol. The van der Waals surface area contributed by atoms with Crippen molar-refractivity contribution in [3.05, 3.63) is 134 Å². The lowest BCUT2D eigenvalue weighted by Crippen LogP contribution is -2.30. The van der Waals surface area contributed by atoms with E-state index < -0.39 is 97.5 Å². The molecule has 0 spiro atoms. The summed E-state index contributed by atoms with van der Waals surface area (Å²) in [6, 6.07) is 0. The lowest BCUT2D eigenvalue weighted by molar-refractivity contribution is -0.161. The fourth-order valence-electron chi connectivity index (χ4n) is 9.04. The van der Waals surface area contributed by atoms with Gasteiger partial charge >= 0.3 is 39.5 Å². The van der Waals surface area contributed by atoms with E-state index in [0.29, 0.717) is 32.1 Å². The SMILES string of the molecule is CC/C=C\C/C=C\C/C=C\C/C=C\CCCCCCC(=O)OCC(COP(=O)(O)OCC(O)COP(=O)(O)OCC(COC(=O)CCCCCCC/C=C\C/C=C\CCC)OC(=O)CCCCCCC/C=C\CCCC)OC(=O)CCCC/C=C\C/C=C\C/C=C\C/C=C\CC. The van der Waals surface area contributed by atoms with E-state index in [0.717, 1.165) is 173 Å². The van der Waals surface area contributed by atoms with Crippen molar-refractivity contribution in [1.82, 2.24) is 0 Å². The van der Waals surface area contributed by atoms with E-state index in [1.54, 1.807) is 0 Å². The third-order valence-corrected chi connectivity index (χ3v) is 16.5. The molecular formula is C77H128O17P2. The van der Waals surface area contributed by atoms with E-state index in [4.69, 9.17) is 37.0 Å². The predicted molar refractivity (Wildman–Crippen MR) is 390 cm³/mol. The van der Waals surface area contributed by atoms with E-state index in [1.807, 2.05) is 0 Å². The fraction of sp³-hybridized carbons (Fsp3) is 0.662. The van der Waals surface area contributed by atoms with E-state index in [1.165, 1.54) is 12.8 Å². The minimum Gasteiger partial charge on any atom is -0.462 e. The quantitative estimate of drug-likeness (QED) is 0.0169. The summed E-state index contributed by atoms with van der Waals surface area (Å²) >= 11 is 0. The summed E-state index contributed by atoms with van der Waals surface area (Å²) in [6.45, 7) is 4.41. The summed E-state index contributed by atoms with van der Waals surface area (Å²) in [5, 5.41) is 10.6. The molecule has 548 valence electrons. The van der Waals surface area contributed by atoms with Crippen LogP contribution in [0.2, 0.25) is 0 Å². The Bertz CT molecular complexity index is 2350. The van der Waals surface area contributed by atoms with Crippen molar-refractivity contribution in [2.75, 3.05) is 39.6 Å². The Balaban J connectivity index is 5.41. The molecule has 0 fully saturated rings. The number of hydrogen-bond donors (Lipinski definition) is 3. The van der Waals surface area contributed by atoms with Crippen LogP contribution in [0.4, 0.5) is 0 Å². The molecule has 0 amide bonds. The number of esters is 4. The third kappa shape index (κ3) is 67.8. The Morgan fingerprint density at radius 1 is 0.302 bits per heavy atom. The topological polar surface area (TPSA) is 237 Å². The highest BCUT2D eigenvalue weighted by atomic mass is 31.2. The van der Waals surface area contributed by atoms with Crippen LogP contribution in [0.15, 0.2) is 134 Å². The summed E-state index contributed by atoms with van der Waals surface area (Å²) in [6.07, 6.45) is 74.6. The van der Waals surface area contributed by atoms with Gasteiger partial charge in [0.15, 0.2) is 12.2 Å². The van der Waals surface area contributed by atoms with Gasteiger partial charge in [0.05, 0.1) is 26.4 Å². The molecule has 0 heterocycles. The second-order valence-corrected chi connectivity index (χ2v) is 26.7. The van der Waals surface area contributed by atoms with Gasteiger partial charge in [-0.2, -0.15) is 0 Å². The van der Waals surface area contributed by atoms with E-state index >= 15 is 0 Å². The largest absolute Gasteiger partial charge is 0.472 e. The molecular weight excluding hydrogens is 1260 g/mol. The highest BCUT2D eigenvalue weighted by molar-refractivity contribution is 7.47. The highest BCUT2D eigenvalue weighted by Crippen LogP contribution is 2.45. The smallest absolute Gasteiger partial charge is 0.462 e. The molecule has 19 heteroatoms. The average Bonchev–Trinajstić information content (AvgIpc) is 2.18. The number of allylic oxidation sites excluding steroid dienone is 22. The molecule has 5 atom stereocenters. The molecule has 0 aromatic heterocycles. The Labute approximate surface area is 580 Å². The predicted octanol–water partition coefficient (Wildman–Crippen LogP) is 20.5. The van der Waals surface area contributed by atoms with Gasteiger partial charge < -0.3 is 33.8 Å². The third-order valence-electron chi connectivity index (χ3n) is 14.6. The van der Waals surface area contributed by atoms with E-state index in [2.05, 4.69) is 161 Å². The maximum atomic E-state index is 13.1. The summed E-state index contributed by atoms with van der Waals surface area (Å²) in [4.78, 5) is 72.7. The van der Waals surface area contributed by atoms with Crippen molar-refractivity contribution in [2.24, 2.45) is 0 Å². The molecule has 0 saturated carbocycles. The number of aliphatic hydroxyl groups excluding tert-OH is 1. The number of phosphoric ester groups is 2. The molecule has 96 heavy (non-hydrogen) atoms. The first-order valence-electron chi connectivity index (χ1n) is 36.4. The number of phosphoric acid groups is 2. The normalized spacial score (nSPS) is 14.8. The molecule has 5 unspecified atom stereocenters. The van der Waals surface area contributed by atoms with E-state index in [-0.39, 0.29) is 25.7 Å². The zero-order chi connectivity index (χ0) is 70.4. The molecule has 3 N–H and O–H groups in total. The van der Waals surface area contributed by atoms with Crippen LogP contribution in [0.3, 0.4) is 0 Å². The molecule has 0 aliphatic rings. The van der Waals surface area contributed by atoms with Crippen molar-refractivity contribution in [3.8, 4) is 0 Å². The lowest BCUT2D eigenvalue weighted by Gasteiger charge is -2.21. The van der Waals surface area contributed by atoms with Crippen molar-refractivity contribution in [1.29, 1.82) is 0 Å². The van der Waals surface area contributed by atoms with Crippen LogP contribution in [-0.2, 0) is 65.4 Å². The molecule has 0 aromatic carbocycles. The first-order valence-corrected chi connectivity index (χ1v) is 39.4. The molecule has 0 radical (unpaired) electrons. The lowest BCUT2D eigenvalue weighted by atomic mass is 10.1. The summed E-state index contributed by atoms with van der Waals surface area (Å²) < 4.78 is 68.2. The maximum absolute atomic E-state index is 13.1. The summed E-state index contributed by atoms with van der Waals surface area (Å²) in [7, 11) is -9.97. The van der Waals surface area contributed by atoms with Crippen LogP contribution in [0.1, 0.15) is 272 Å². The number of unbranched alkanes of at least 4 members (excludes halogenated alkanes) is 19. The minimum absolute atomic E-state index is 0.0330. The number of hydrogen-bond acceptors (Lipinski definition) is 15. The van der Waals surface area contributed by atoms with Crippen LogP contribution in [0.5, 0.6) is 0 Å². The zero-order valence-corrected chi connectivity index (χ0v) is 61.3. The summed E-state index contributed by atoms with van der Waals surface area (Å²) in [5.41, 5.74) is 0. The molecule has 0 rings (SSSR count). The molecule has 0 aliphatic carbocycles. The standard InChI is InChI=1S/C77H128O17P2/c1-5-9-13-17-21-25-29-32-34-35-37-39-43-46-50-54-58-62-75(80)88-68-73(94-77(82)64-60-56-52-48-44-40-36-33-30-26-22-18-14-10-6-2)70-92-96(85,86)90-66-71(78)65-89-95(83,84)91-69-72(93-76(81)63-59-55-51-47-41-28-24-20-16-12-8-4)67-87-74(79)61-57-53-49-45-42-38-31-27-23-19-15-11-7-3/h9-10,13-15,19-22,24-27,31-34,36-37,39,44,48,71-73,78H,5-8,11-12,16-18,23,28-30,35,38,40-43,45-47,49-70H2,1-4H3,(H,83,84)(H,85,86)/b13-9-,14-10-,19-15-,24-20-,25-21-,26-22-,31-27-,34-32-,36-33-,39-37-,48-44-. The van der Waals surface area contributed by atoms with Crippen molar-refractivity contribution >= 4 is 39.5 Å². The van der Waals surface area contributed by atoms with Gasteiger partial charge in [-0.15, -0.1) is 0 Å². The number of rotatable bonds is 67. The minimum atomic E-state index is -4.99. The fourth-order valence-corrected chi connectivity index (χ4v) is 10.6. The Kier molecular flexibility index (Phi) is 65.3. The van der Waals surface area contributed by atoms with Gasteiger partial charge in [0, 0.05) is 25.7 Å². The van der Waals surface area contributed by atoms with Gasteiger partial charge in [-0.05, 0) is 148 Å². The number of carbonyl (C=O) groups excluding carboxylic acids is 4. The van der Waals surface area contributed by atoms with Gasteiger partial charge in [0.2, 0.25) is 0 Å². The van der Waals surface area contributed by atoms with Crippen LogP contribution < -0.4 is 0 Å². The Morgan fingerprint density at radius 3 is 0.906 bits per heavy atom. The monoisotopic (exact) mass is 1390 g/mol. The van der Waals surface area contributed by atoms with Gasteiger partial charge in [-0.3, -0.25) is 37.3 Å². The molecule has 0 bridgehead atoms. The molecule has 0 aromatic rings. The number of aliphatic hydroxyl groups is 1. The van der Waals surface area contributed by atoms with Gasteiger partial charge in [0.25, 0.3) is 0 Å². The van der Waals surface area contributed by atoms with Crippen LogP contribution in [-0.4, -0.2) is 96.7 Å². The van der Waals surface area contributed by atoms with Crippen molar-refractivity contribution < 1.29 is 80.2 Å². The van der Waals surface area contributed by atoms with Gasteiger partial charge in [-0.25, -0.2) is 9.13 Å². The zero-order valence-electron chi connectivity index (χ0n) is 59.5. The number of ether oxygens (including phenoxy) is 4. The maximum Gasteiger partial charge on any atom is 0.472 e. The molecule has 0 saturated heterocycles. The van der Waals surface area contributed by atoms with E-state index in [9.17, 15) is 43.2 Å². The Morgan fingerprint density at radius 2 is 0.562 bits per heavy atom. The van der Waals surface area contributed by atoms with Crippen LogP contribution in [0, 0.1) is 0 Å². The molecule has 0 aliphatic heterocycles. The van der Waals surface area contributed by atoms with Crippen LogP contribution >= 0.6 is 15.6 Å². The highest BCUT2D eigenvalue weighted by Gasteiger charge is 2.30. The van der Waals surface area contributed by atoms with Crippen molar-refractivity contribution in [2.45, 2.75) is 290 Å². The first-order chi connectivity index (χ1) is 46.7. The van der Waals surface area contributed by atoms with Gasteiger partial charge in [-0.1, -0.05) is 232 Å². The first kappa shape index (κ1) is 91.2. The number of carbonyl (C=O) groups is 4. The van der Waals surface area contributed by atoms with Crippen molar-refractivity contribution in [3.63, 3.8) is 0 Å². The Hall–Kier alpha value is -4.80. The van der Waals surface area contributed by atoms with Gasteiger partial charge in [0.1, 0.15) is 19.3 Å². The summed E-state index contributed by atoms with van der Waals surface area (Å²) in [5.74, 6) is -2.28.